The van der Waals surface area contributed by atoms with Gasteiger partial charge in [-0.05, 0) is 24.3 Å². The summed E-state index contributed by atoms with van der Waals surface area (Å²) in [6.45, 7) is 0. The molecule has 3 aromatic rings. The predicted molar refractivity (Wildman–Crippen MR) is 104 cm³/mol. The van der Waals surface area contributed by atoms with Crippen molar-refractivity contribution in [1.82, 2.24) is 10.2 Å². The van der Waals surface area contributed by atoms with E-state index in [9.17, 15) is 8.42 Å². The molecule has 1 aliphatic heterocycles. The third-order valence-electron chi connectivity index (χ3n) is 3.82. The lowest BCUT2D eigenvalue weighted by atomic mass is 10.00. The first-order chi connectivity index (χ1) is 12.4. The summed E-state index contributed by atoms with van der Waals surface area (Å²) in [6.07, 6.45) is 2.72. The number of benzene rings is 2. The van der Waals surface area contributed by atoms with Crippen LogP contribution in [0.1, 0.15) is 11.1 Å². The van der Waals surface area contributed by atoms with Crippen molar-refractivity contribution in [2.24, 2.45) is 4.99 Å². The summed E-state index contributed by atoms with van der Waals surface area (Å²) in [6, 6.07) is 12.6. The minimum atomic E-state index is -3.40. The molecule has 0 fully saturated rings. The minimum Gasteiger partial charge on any atom is -0.338 e. The SMILES string of the molecule is CS(=O)(=O)Nc1ccc2c(c1)C(c1ccccc1Cl)=Nc1cn[nH]c1N2. The van der Waals surface area contributed by atoms with Crippen molar-refractivity contribution < 1.29 is 8.42 Å². The number of hydrogen-bond acceptors (Lipinski definition) is 5. The Morgan fingerprint density at radius 3 is 2.69 bits per heavy atom. The van der Waals surface area contributed by atoms with E-state index in [1.54, 1.807) is 30.5 Å². The van der Waals surface area contributed by atoms with Crippen LogP contribution in [0.25, 0.3) is 0 Å². The number of aliphatic imine (C=N–C) groups is 1. The van der Waals surface area contributed by atoms with Gasteiger partial charge in [-0.1, -0.05) is 29.8 Å². The van der Waals surface area contributed by atoms with Gasteiger partial charge in [0.2, 0.25) is 10.0 Å². The van der Waals surface area contributed by atoms with Crippen LogP contribution in [0.2, 0.25) is 5.02 Å². The van der Waals surface area contributed by atoms with Crippen LogP contribution in [-0.4, -0.2) is 30.6 Å². The van der Waals surface area contributed by atoms with Gasteiger partial charge >= 0.3 is 0 Å². The molecule has 2 aromatic carbocycles. The highest BCUT2D eigenvalue weighted by Crippen LogP contribution is 2.36. The molecular weight excluding hydrogens is 374 g/mol. The number of aromatic amines is 1. The van der Waals surface area contributed by atoms with E-state index in [1.807, 2.05) is 18.2 Å². The van der Waals surface area contributed by atoms with Gasteiger partial charge in [-0.2, -0.15) is 5.10 Å². The topological polar surface area (TPSA) is 99.2 Å². The van der Waals surface area contributed by atoms with Crippen molar-refractivity contribution >= 4 is 50.2 Å². The van der Waals surface area contributed by atoms with Gasteiger partial charge in [-0.3, -0.25) is 9.82 Å². The third-order valence-corrected chi connectivity index (χ3v) is 4.75. The quantitative estimate of drug-likeness (QED) is 0.499. The van der Waals surface area contributed by atoms with Crippen molar-refractivity contribution in [1.29, 1.82) is 0 Å². The largest absolute Gasteiger partial charge is 0.338 e. The van der Waals surface area contributed by atoms with Crippen LogP contribution in [0, 0.1) is 0 Å². The number of H-pyrrole nitrogens is 1. The molecule has 0 aliphatic carbocycles. The molecule has 7 nitrogen and oxygen atoms in total. The van der Waals surface area contributed by atoms with Gasteiger partial charge in [0.25, 0.3) is 0 Å². The van der Waals surface area contributed by atoms with Gasteiger partial charge in [0, 0.05) is 27.5 Å². The number of fused-ring (bicyclic) bond motifs is 2. The number of rotatable bonds is 3. The van der Waals surface area contributed by atoms with Gasteiger partial charge in [-0.25, -0.2) is 13.4 Å². The van der Waals surface area contributed by atoms with E-state index >= 15 is 0 Å². The number of nitrogens with one attached hydrogen (secondary N) is 3. The first-order valence-corrected chi connectivity index (χ1v) is 9.94. The number of hydrogen-bond donors (Lipinski definition) is 3. The smallest absolute Gasteiger partial charge is 0.229 e. The maximum absolute atomic E-state index is 11.6. The Kier molecular flexibility index (Phi) is 3.93. The Morgan fingerprint density at radius 1 is 1.12 bits per heavy atom. The van der Waals surface area contributed by atoms with Crippen molar-refractivity contribution in [3.05, 3.63) is 64.8 Å². The lowest BCUT2D eigenvalue weighted by Crippen LogP contribution is -2.11. The average molecular weight is 388 g/mol. The van der Waals surface area contributed by atoms with Gasteiger partial charge in [0.1, 0.15) is 5.69 Å². The van der Waals surface area contributed by atoms with E-state index in [-0.39, 0.29) is 0 Å². The van der Waals surface area contributed by atoms with Gasteiger partial charge in [-0.15, -0.1) is 0 Å². The molecule has 2 heterocycles. The van der Waals surface area contributed by atoms with Crippen LogP contribution < -0.4 is 10.0 Å². The fourth-order valence-corrected chi connectivity index (χ4v) is 3.54. The highest BCUT2D eigenvalue weighted by Gasteiger charge is 2.21. The summed E-state index contributed by atoms with van der Waals surface area (Å²) < 4.78 is 25.7. The van der Waals surface area contributed by atoms with Gasteiger partial charge in [0.05, 0.1) is 18.2 Å². The second-order valence-corrected chi connectivity index (χ2v) is 7.99. The predicted octanol–water partition coefficient (Wildman–Crippen LogP) is 3.66. The Labute approximate surface area is 155 Å². The van der Waals surface area contributed by atoms with Crippen molar-refractivity contribution in [2.45, 2.75) is 0 Å². The number of halogens is 1. The molecular formula is C17H14ClN5O2S. The number of aromatic nitrogens is 2. The summed E-state index contributed by atoms with van der Waals surface area (Å²) >= 11 is 6.39. The molecule has 0 bridgehead atoms. The normalized spacial score (nSPS) is 13.1. The number of sulfonamides is 1. The lowest BCUT2D eigenvalue weighted by Gasteiger charge is -2.14. The highest BCUT2D eigenvalue weighted by atomic mass is 35.5. The summed E-state index contributed by atoms with van der Waals surface area (Å²) in [4.78, 5) is 4.71. The number of nitrogens with zero attached hydrogens (tertiary/aromatic N) is 2. The first kappa shape index (κ1) is 16.6. The zero-order valence-electron chi connectivity index (χ0n) is 13.6. The van der Waals surface area contributed by atoms with Crippen LogP contribution in [0.4, 0.5) is 22.9 Å². The van der Waals surface area contributed by atoms with Crippen LogP contribution in [-0.2, 0) is 10.0 Å². The van der Waals surface area contributed by atoms with Crippen molar-refractivity contribution in [3.8, 4) is 0 Å². The zero-order chi connectivity index (χ0) is 18.3. The Hall–Kier alpha value is -2.84. The molecule has 1 aromatic heterocycles. The van der Waals surface area contributed by atoms with E-state index < -0.39 is 10.0 Å². The molecule has 0 atom stereocenters. The molecule has 0 radical (unpaired) electrons. The molecule has 0 amide bonds. The Bertz CT molecular complexity index is 1140. The molecule has 9 heteroatoms. The molecule has 3 N–H and O–H groups in total. The fraction of sp³-hybridized carbons (Fsp3) is 0.0588. The molecule has 0 spiro atoms. The zero-order valence-corrected chi connectivity index (χ0v) is 15.2. The summed E-state index contributed by atoms with van der Waals surface area (Å²) in [5.74, 6) is 0.650. The maximum atomic E-state index is 11.6. The monoisotopic (exact) mass is 387 g/mol. The fourth-order valence-electron chi connectivity index (χ4n) is 2.76. The third kappa shape index (κ3) is 3.16. The summed E-state index contributed by atoms with van der Waals surface area (Å²) in [5.41, 5.74) is 3.91. The summed E-state index contributed by atoms with van der Waals surface area (Å²) in [5, 5.41) is 10.7. The molecule has 132 valence electrons. The van der Waals surface area contributed by atoms with E-state index in [4.69, 9.17) is 16.6 Å². The van der Waals surface area contributed by atoms with E-state index in [0.717, 1.165) is 23.1 Å². The molecule has 0 saturated carbocycles. The van der Waals surface area contributed by atoms with Crippen LogP contribution in [0.15, 0.2) is 53.7 Å². The molecule has 1 aliphatic rings. The minimum absolute atomic E-state index is 0.441. The molecule has 0 unspecified atom stereocenters. The Balaban J connectivity index is 1.95. The second-order valence-electron chi connectivity index (χ2n) is 5.83. The molecule has 4 rings (SSSR count). The Morgan fingerprint density at radius 2 is 1.92 bits per heavy atom. The maximum Gasteiger partial charge on any atom is 0.229 e. The average Bonchev–Trinajstić information content (AvgIpc) is 2.94. The van der Waals surface area contributed by atoms with Crippen molar-refractivity contribution in [2.75, 3.05) is 16.3 Å². The standard InChI is InChI=1S/C17H14ClN5O2S/c1-26(24,25)23-10-6-7-14-12(8-10)16(11-4-2-3-5-13(11)18)20-15-9-19-22-17(15)21-14/h2-9,23H,1H3,(H2,19,21,22). The van der Waals surface area contributed by atoms with Crippen LogP contribution in [0.5, 0.6) is 0 Å². The van der Waals surface area contributed by atoms with E-state index in [2.05, 4.69) is 20.2 Å². The van der Waals surface area contributed by atoms with Crippen molar-refractivity contribution in [3.63, 3.8) is 0 Å². The molecule has 0 saturated heterocycles. The van der Waals surface area contributed by atoms with E-state index in [1.165, 1.54) is 0 Å². The second kappa shape index (κ2) is 6.15. The lowest BCUT2D eigenvalue weighted by molar-refractivity contribution is 0.607. The van der Waals surface area contributed by atoms with Gasteiger partial charge in [0.15, 0.2) is 5.82 Å². The number of anilines is 3. The van der Waals surface area contributed by atoms with Crippen LogP contribution >= 0.6 is 11.6 Å². The van der Waals surface area contributed by atoms with Crippen LogP contribution in [0.3, 0.4) is 0 Å². The summed E-state index contributed by atoms with van der Waals surface area (Å²) in [7, 11) is -3.40. The highest BCUT2D eigenvalue weighted by molar-refractivity contribution is 7.92. The first-order valence-electron chi connectivity index (χ1n) is 7.67. The van der Waals surface area contributed by atoms with Gasteiger partial charge < -0.3 is 5.32 Å². The molecule has 26 heavy (non-hydrogen) atoms. The van der Waals surface area contributed by atoms with E-state index in [0.29, 0.717) is 27.9 Å².